The molecule has 0 N–H and O–H groups in total. The molecule has 68 valence electrons. The minimum absolute atomic E-state index is 0.337. The molecule has 0 bridgehead atoms. The van der Waals surface area contributed by atoms with Crippen LogP contribution in [0.1, 0.15) is 46.5 Å². The molecule has 0 heteroatoms. The van der Waals surface area contributed by atoms with Gasteiger partial charge in [-0.15, -0.1) is 0 Å². The van der Waals surface area contributed by atoms with Crippen molar-refractivity contribution in [2.45, 2.75) is 46.5 Å². The number of allylic oxidation sites excluding steroid dienone is 4. The van der Waals surface area contributed by atoms with Crippen LogP contribution in [0.25, 0.3) is 0 Å². The van der Waals surface area contributed by atoms with Crippen molar-refractivity contribution in [1.29, 1.82) is 0 Å². The van der Waals surface area contributed by atoms with Crippen LogP contribution in [-0.4, -0.2) is 0 Å². The van der Waals surface area contributed by atoms with Gasteiger partial charge in [0.05, 0.1) is 0 Å². The first-order chi connectivity index (χ1) is 5.58. The Morgan fingerprint density at radius 3 is 2.67 bits per heavy atom. The summed E-state index contributed by atoms with van der Waals surface area (Å²) in [5.41, 5.74) is 1.87. The van der Waals surface area contributed by atoms with E-state index in [-0.39, 0.29) is 0 Å². The Kier molecular flexibility index (Phi) is 3.13. The second-order valence-electron chi connectivity index (χ2n) is 4.73. The van der Waals surface area contributed by atoms with Gasteiger partial charge in [-0.1, -0.05) is 44.6 Å². The molecule has 0 aromatic heterocycles. The van der Waals surface area contributed by atoms with Gasteiger partial charge in [-0.2, -0.15) is 0 Å². The summed E-state index contributed by atoms with van der Waals surface area (Å²) in [5.74, 6) is 0. The van der Waals surface area contributed by atoms with E-state index in [1.807, 2.05) is 0 Å². The average molecular weight is 164 g/mol. The molecule has 0 atom stereocenters. The molecule has 0 amide bonds. The average Bonchev–Trinajstić information content (AvgIpc) is 2.12. The van der Waals surface area contributed by atoms with Gasteiger partial charge in [0, 0.05) is 0 Å². The molecule has 1 rings (SSSR count). The van der Waals surface area contributed by atoms with Crippen molar-refractivity contribution in [1.82, 2.24) is 0 Å². The van der Waals surface area contributed by atoms with E-state index >= 15 is 0 Å². The van der Waals surface area contributed by atoms with Gasteiger partial charge in [0.1, 0.15) is 0 Å². The van der Waals surface area contributed by atoms with E-state index < -0.39 is 0 Å². The van der Waals surface area contributed by atoms with Gasteiger partial charge < -0.3 is 0 Å². The van der Waals surface area contributed by atoms with Crippen LogP contribution < -0.4 is 0 Å². The lowest BCUT2D eigenvalue weighted by molar-refractivity contribution is 0.538. The smallest absolute Gasteiger partial charge is 0.0197 e. The lowest BCUT2D eigenvalue weighted by Crippen LogP contribution is -2.00. The molecule has 0 aromatic carbocycles. The predicted molar refractivity (Wildman–Crippen MR) is 55.1 cm³/mol. The number of hydrogen-bond acceptors (Lipinski definition) is 0. The van der Waals surface area contributed by atoms with E-state index in [0.717, 1.165) is 0 Å². The van der Waals surface area contributed by atoms with Crippen LogP contribution in [0.3, 0.4) is 0 Å². The monoisotopic (exact) mass is 164 g/mol. The van der Waals surface area contributed by atoms with Crippen molar-refractivity contribution in [3.05, 3.63) is 23.8 Å². The van der Waals surface area contributed by atoms with Crippen molar-refractivity contribution in [2.75, 3.05) is 0 Å². The second-order valence-corrected chi connectivity index (χ2v) is 4.73. The SMILES string of the molecule is CC(C)(C)/C=C1\C=CCCCC1. The van der Waals surface area contributed by atoms with Crippen molar-refractivity contribution >= 4 is 0 Å². The van der Waals surface area contributed by atoms with E-state index in [2.05, 4.69) is 39.0 Å². The Bertz CT molecular complexity index is 189. The summed E-state index contributed by atoms with van der Waals surface area (Å²) in [6.07, 6.45) is 12.3. The first kappa shape index (κ1) is 9.57. The minimum atomic E-state index is 0.337. The fourth-order valence-electron chi connectivity index (χ4n) is 1.59. The third-order valence-electron chi connectivity index (χ3n) is 2.04. The molecular weight excluding hydrogens is 144 g/mol. The van der Waals surface area contributed by atoms with E-state index in [0.29, 0.717) is 5.41 Å². The molecule has 1 aliphatic rings. The van der Waals surface area contributed by atoms with Crippen molar-refractivity contribution in [2.24, 2.45) is 5.41 Å². The normalized spacial score (nSPS) is 22.8. The molecule has 0 fully saturated rings. The Morgan fingerprint density at radius 2 is 2.00 bits per heavy atom. The number of hydrogen-bond donors (Lipinski definition) is 0. The fraction of sp³-hybridized carbons (Fsp3) is 0.667. The predicted octanol–water partition coefficient (Wildman–Crippen LogP) is 4.09. The first-order valence-electron chi connectivity index (χ1n) is 4.96. The molecule has 0 unspecified atom stereocenters. The molecule has 1 aliphatic carbocycles. The highest BCUT2D eigenvalue weighted by Gasteiger charge is 2.07. The maximum atomic E-state index is 2.40. The van der Waals surface area contributed by atoms with Crippen LogP contribution in [-0.2, 0) is 0 Å². The fourth-order valence-corrected chi connectivity index (χ4v) is 1.59. The quantitative estimate of drug-likeness (QED) is 0.506. The summed E-state index contributed by atoms with van der Waals surface area (Å²) in [7, 11) is 0. The van der Waals surface area contributed by atoms with Crippen molar-refractivity contribution < 1.29 is 0 Å². The summed E-state index contributed by atoms with van der Waals surface area (Å²) in [4.78, 5) is 0. The van der Waals surface area contributed by atoms with Gasteiger partial charge >= 0.3 is 0 Å². The van der Waals surface area contributed by atoms with E-state index in [4.69, 9.17) is 0 Å². The molecule has 0 radical (unpaired) electrons. The maximum Gasteiger partial charge on any atom is -0.0197 e. The van der Waals surface area contributed by atoms with Gasteiger partial charge in [-0.05, 0) is 31.1 Å². The highest BCUT2D eigenvalue weighted by Crippen LogP contribution is 2.23. The molecule has 0 spiro atoms. The summed E-state index contributed by atoms with van der Waals surface area (Å²) in [5, 5.41) is 0. The van der Waals surface area contributed by atoms with Gasteiger partial charge in [0.2, 0.25) is 0 Å². The van der Waals surface area contributed by atoms with Crippen LogP contribution in [0.2, 0.25) is 0 Å². The Hall–Kier alpha value is -0.520. The largest absolute Gasteiger partial charge is 0.0843 e. The van der Waals surface area contributed by atoms with Crippen molar-refractivity contribution in [3.8, 4) is 0 Å². The zero-order chi connectivity index (χ0) is 9.03. The molecule has 0 nitrogen and oxygen atoms in total. The van der Waals surface area contributed by atoms with Crippen LogP contribution >= 0.6 is 0 Å². The zero-order valence-corrected chi connectivity index (χ0v) is 8.56. The standard InChI is InChI=1S/C12H20/c1-12(2,3)10-11-8-6-4-5-7-9-11/h6,8,10H,4-5,7,9H2,1-3H3/b11-10+. The van der Waals surface area contributed by atoms with Gasteiger partial charge in [0.25, 0.3) is 0 Å². The lowest BCUT2D eigenvalue weighted by atomic mass is 9.92. The van der Waals surface area contributed by atoms with E-state index in [1.165, 1.54) is 31.3 Å². The highest BCUT2D eigenvalue weighted by molar-refractivity contribution is 5.21. The summed E-state index contributed by atoms with van der Waals surface area (Å²) < 4.78 is 0. The summed E-state index contributed by atoms with van der Waals surface area (Å²) in [6.45, 7) is 6.79. The molecular formula is C12H20. The highest BCUT2D eigenvalue weighted by atomic mass is 14.1. The minimum Gasteiger partial charge on any atom is -0.0843 e. The maximum absolute atomic E-state index is 2.40. The molecule has 0 aliphatic heterocycles. The topological polar surface area (TPSA) is 0 Å². The summed E-state index contributed by atoms with van der Waals surface area (Å²) >= 11 is 0. The van der Waals surface area contributed by atoms with Crippen LogP contribution in [0, 0.1) is 5.41 Å². The van der Waals surface area contributed by atoms with Crippen LogP contribution in [0.15, 0.2) is 23.8 Å². The van der Waals surface area contributed by atoms with Gasteiger partial charge in [-0.25, -0.2) is 0 Å². The first-order valence-corrected chi connectivity index (χ1v) is 4.96. The Labute approximate surface area is 76.4 Å². The summed E-state index contributed by atoms with van der Waals surface area (Å²) in [6, 6.07) is 0. The lowest BCUT2D eigenvalue weighted by Gasteiger charge is -2.13. The van der Waals surface area contributed by atoms with Crippen molar-refractivity contribution in [3.63, 3.8) is 0 Å². The Balaban J connectivity index is 2.66. The molecule has 0 saturated carbocycles. The third-order valence-corrected chi connectivity index (χ3v) is 2.04. The van der Waals surface area contributed by atoms with E-state index in [1.54, 1.807) is 0 Å². The van der Waals surface area contributed by atoms with Crippen LogP contribution in [0.5, 0.6) is 0 Å². The number of rotatable bonds is 0. The van der Waals surface area contributed by atoms with E-state index in [9.17, 15) is 0 Å². The zero-order valence-electron chi connectivity index (χ0n) is 8.56. The molecule has 0 aromatic rings. The molecule has 0 heterocycles. The molecule has 0 saturated heterocycles. The third kappa shape index (κ3) is 3.75. The molecule has 12 heavy (non-hydrogen) atoms. The van der Waals surface area contributed by atoms with Gasteiger partial charge in [0.15, 0.2) is 0 Å². The van der Waals surface area contributed by atoms with Crippen LogP contribution in [0.4, 0.5) is 0 Å². The Morgan fingerprint density at radius 1 is 1.25 bits per heavy atom. The second kappa shape index (κ2) is 3.93. The van der Waals surface area contributed by atoms with Gasteiger partial charge in [-0.3, -0.25) is 0 Å².